The van der Waals surface area contributed by atoms with Crippen LogP contribution in [0.1, 0.15) is 18.9 Å². The summed E-state index contributed by atoms with van der Waals surface area (Å²) in [5.41, 5.74) is 7.35. The maximum Gasteiger partial charge on any atom is 0.154 e. The van der Waals surface area contributed by atoms with Gasteiger partial charge in [0.2, 0.25) is 0 Å². The SMILES string of the molecule is C[C@@]1(c2cc(Nc3ncnc4ccccc34)ccc2F)CCSC(N)=N1. The molecule has 3 N–H and O–H groups in total. The number of rotatable bonds is 3. The number of hydrogen-bond donors (Lipinski definition) is 2. The minimum atomic E-state index is -0.662. The number of nitrogens with one attached hydrogen (secondary N) is 1. The van der Waals surface area contributed by atoms with Gasteiger partial charge in [0.25, 0.3) is 0 Å². The van der Waals surface area contributed by atoms with E-state index in [-0.39, 0.29) is 5.82 Å². The van der Waals surface area contributed by atoms with E-state index in [1.807, 2.05) is 31.2 Å². The second kappa shape index (κ2) is 6.57. The van der Waals surface area contributed by atoms with Crippen LogP contribution in [-0.2, 0) is 5.54 Å². The summed E-state index contributed by atoms with van der Waals surface area (Å²) >= 11 is 1.50. The standard InChI is InChI=1S/C19H18FN5S/c1-19(8-9-26-18(21)25-19)14-10-12(6-7-15(14)20)24-17-13-4-2-3-5-16(13)22-11-23-17/h2-7,10-11H,8-9H2,1H3,(H2,21,25)(H,22,23,24)/t19-/m0/s1. The van der Waals surface area contributed by atoms with E-state index in [0.29, 0.717) is 16.5 Å². The smallest absolute Gasteiger partial charge is 0.154 e. The number of fused-ring (bicyclic) bond motifs is 1. The molecule has 132 valence electrons. The topological polar surface area (TPSA) is 76.2 Å². The first-order valence-corrected chi connectivity index (χ1v) is 9.29. The number of anilines is 2. The quantitative estimate of drug-likeness (QED) is 0.726. The molecule has 0 radical (unpaired) electrons. The van der Waals surface area contributed by atoms with Crippen molar-refractivity contribution in [2.45, 2.75) is 18.9 Å². The summed E-state index contributed by atoms with van der Waals surface area (Å²) in [5, 5.41) is 4.68. The molecular formula is C19H18FN5S. The van der Waals surface area contributed by atoms with Crippen molar-refractivity contribution in [3.63, 3.8) is 0 Å². The predicted octanol–water partition coefficient (Wildman–Crippen LogP) is 4.18. The van der Waals surface area contributed by atoms with Crippen LogP contribution >= 0.6 is 11.8 Å². The van der Waals surface area contributed by atoms with E-state index < -0.39 is 5.54 Å². The summed E-state index contributed by atoms with van der Waals surface area (Å²) in [4.78, 5) is 13.1. The highest BCUT2D eigenvalue weighted by Gasteiger charge is 2.32. The van der Waals surface area contributed by atoms with Crippen LogP contribution in [0.3, 0.4) is 0 Å². The van der Waals surface area contributed by atoms with Gasteiger partial charge in [-0.3, -0.25) is 4.99 Å². The molecule has 0 spiro atoms. The van der Waals surface area contributed by atoms with Gasteiger partial charge in [0, 0.05) is 22.4 Å². The van der Waals surface area contributed by atoms with Crippen molar-refractivity contribution < 1.29 is 4.39 Å². The Kier molecular flexibility index (Phi) is 4.24. The molecule has 0 unspecified atom stereocenters. The van der Waals surface area contributed by atoms with Crippen LogP contribution in [0.15, 0.2) is 53.8 Å². The monoisotopic (exact) mass is 367 g/mol. The van der Waals surface area contributed by atoms with Crippen LogP contribution in [0.5, 0.6) is 0 Å². The van der Waals surface area contributed by atoms with Gasteiger partial charge in [0.05, 0.1) is 11.1 Å². The Morgan fingerprint density at radius 2 is 2.04 bits per heavy atom. The molecule has 1 aliphatic rings. The van der Waals surface area contributed by atoms with Gasteiger partial charge in [-0.15, -0.1) is 0 Å². The molecule has 2 heterocycles. The molecule has 0 aliphatic carbocycles. The van der Waals surface area contributed by atoms with Crippen molar-refractivity contribution in [3.8, 4) is 0 Å². The number of thioether (sulfide) groups is 1. The van der Waals surface area contributed by atoms with Crippen LogP contribution in [-0.4, -0.2) is 20.9 Å². The molecule has 0 amide bonds. The van der Waals surface area contributed by atoms with E-state index >= 15 is 0 Å². The molecule has 0 bridgehead atoms. The average molecular weight is 367 g/mol. The summed E-state index contributed by atoms with van der Waals surface area (Å²) in [6.45, 7) is 1.92. The molecule has 4 rings (SSSR count). The summed E-state index contributed by atoms with van der Waals surface area (Å²) in [6, 6.07) is 12.7. The Morgan fingerprint density at radius 3 is 2.88 bits per heavy atom. The number of amidine groups is 1. The highest BCUT2D eigenvalue weighted by molar-refractivity contribution is 8.13. The number of halogens is 1. The molecule has 0 saturated carbocycles. The first-order chi connectivity index (χ1) is 12.5. The van der Waals surface area contributed by atoms with Crippen LogP contribution in [0, 0.1) is 5.82 Å². The van der Waals surface area contributed by atoms with E-state index in [4.69, 9.17) is 5.73 Å². The van der Waals surface area contributed by atoms with Crippen LogP contribution < -0.4 is 11.1 Å². The molecule has 7 heteroatoms. The number of benzene rings is 2. The molecule has 1 aromatic heterocycles. The minimum absolute atomic E-state index is 0.283. The van der Waals surface area contributed by atoms with Gasteiger partial charge in [0.15, 0.2) is 5.17 Å². The molecule has 0 saturated heterocycles. The zero-order valence-corrected chi connectivity index (χ0v) is 15.1. The fourth-order valence-electron chi connectivity index (χ4n) is 3.14. The Balaban J connectivity index is 1.74. The minimum Gasteiger partial charge on any atom is -0.379 e. The number of aromatic nitrogens is 2. The van der Waals surface area contributed by atoms with Crippen molar-refractivity contribution in [1.82, 2.24) is 9.97 Å². The normalized spacial score (nSPS) is 20.0. The molecule has 1 aliphatic heterocycles. The highest BCUT2D eigenvalue weighted by Crippen LogP contribution is 2.38. The van der Waals surface area contributed by atoms with E-state index in [1.165, 1.54) is 24.2 Å². The van der Waals surface area contributed by atoms with Crippen molar-refractivity contribution in [2.75, 3.05) is 11.1 Å². The Bertz CT molecular complexity index is 1000. The lowest BCUT2D eigenvalue weighted by molar-refractivity contribution is 0.450. The molecule has 0 fully saturated rings. The van der Waals surface area contributed by atoms with Gasteiger partial charge >= 0.3 is 0 Å². The van der Waals surface area contributed by atoms with Gasteiger partial charge in [-0.05, 0) is 43.7 Å². The van der Waals surface area contributed by atoms with Gasteiger partial charge in [-0.1, -0.05) is 23.9 Å². The molecule has 5 nitrogen and oxygen atoms in total. The van der Waals surface area contributed by atoms with Crippen molar-refractivity contribution in [1.29, 1.82) is 0 Å². The maximum absolute atomic E-state index is 14.5. The fraction of sp³-hybridized carbons (Fsp3) is 0.211. The zero-order chi connectivity index (χ0) is 18.1. The first-order valence-electron chi connectivity index (χ1n) is 8.30. The van der Waals surface area contributed by atoms with Crippen LogP contribution in [0.25, 0.3) is 10.9 Å². The largest absolute Gasteiger partial charge is 0.379 e. The number of nitrogens with zero attached hydrogens (tertiary/aromatic N) is 3. The first kappa shape index (κ1) is 16.8. The number of nitrogens with two attached hydrogens (primary N) is 1. The second-order valence-electron chi connectivity index (χ2n) is 6.38. The lowest BCUT2D eigenvalue weighted by atomic mass is 9.89. The van der Waals surface area contributed by atoms with Crippen molar-refractivity contribution >= 4 is 39.3 Å². The van der Waals surface area contributed by atoms with E-state index in [0.717, 1.165) is 28.8 Å². The molecule has 2 aromatic carbocycles. The maximum atomic E-state index is 14.5. The van der Waals surface area contributed by atoms with Crippen molar-refractivity contribution in [2.24, 2.45) is 10.7 Å². The van der Waals surface area contributed by atoms with Gasteiger partial charge in [-0.2, -0.15) is 0 Å². The Morgan fingerprint density at radius 1 is 1.19 bits per heavy atom. The number of hydrogen-bond acceptors (Lipinski definition) is 6. The van der Waals surface area contributed by atoms with Crippen molar-refractivity contribution in [3.05, 3.63) is 60.2 Å². The number of aliphatic imine (C=N–C) groups is 1. The van der Waals surface area contributed by atoms with Crippen LogP contribution in [0.4, 0.5) is 15.9 Å². The number of para-hydroxylation sites is 1. The van der Waals surface area contributed by atoms with Crippen LogP contribution in [0.2, 0.25) is 0 Å². The molecule has 3 aromatic rings. The third kappa shape index (κ3) is 3.10. The Hall–Kier alpha value is -2.67. The summed E-state index contributed by atoms with van der Waals surface area (Å²) in [5.74, 6) is 1.22. The highest BCUT2D eigenvalue weighted by atomic mass is 32.2. The lowest BCUT2D eigenvalue weighted by Gasteiger charge is -2.30. The second-order valence-corrected chi connectivity index (χ2v) is 7.50. The van der Waals surface area contributed by atoms with E-state index in [2.05, 4.69) is 20.3 Å². The van der Waals surface area contributed by atoms with Gasteiger partial charge < -0.3 is 11.1 Å². The summed E-state index contributed by atoms with van der Waals surface area (Å²) in [7, 11) is 0. The average Bonchev–Trinajstić information content (AvgIpc) is 2.63. The zero-order valence-electron chi connectivity index (χ0n) is 14.2. The van der Waals surface area contributed by atoms with E-state index in [9.17, 15) is 4.39 Å². The predicted molar refractivity (Wildman–Crippen MR) is 105 cm³/mol. The Labute approximate surface area is 155 Å². The molecule has 1 atom stereocenters. The third-order valence-electron chi connectivity index (χ3n) is 4.55. The lowest BCUT2D eigenvalue weighted by Crippen LogP contribution is -2.29. The van der Waals surface area contributed by atoms with E-state index in [1.54, 1.807) is 12.1 Å². The fourth-order valence-corrected chi connectivity index (χ4v) is 4.11. The molecular weight excluding hydrogens is 349 g/mol. The van der Waals surface area contributed by atoms with Gasteiger partial charge in [-0.25, -0.2) is 14.4 Å². The summed E-state index contributed by atoms with van der Waals surface area (Å²) in [6.07, 6.45) is 2.24. The van der Waals surface area contributed by atoms with Gasteiger partial charge in [0.1, 0.15) is 18.0 Å². The molecule has 26 heavy (non-hydrogen) atoms. The third-order valence-corrected chi connectivity index (χ3v) is 5.34. The summed E-state index contributed by atoms with van der Waals surface area (Å²) < 4.78 is 14.5.